The van der Waals surface area contributed by atoms with Crippen LogP contribution in [0.2, 0.25) is 0 Å². The van der Waals surface area contributed by atoms with E-state index in [2.05, 4.69) is 0 Å². The van der Waals surface area contributed by atoms with Crippen molar-refractivity contribution in [2.24, 2.45) is 0 Å². The van der Waals surface area contributed by atoms with Crippen molar-refractivity contribution >= 4 is 45.9 Å². The van der Waals surface area contributed by atoms with Crippen LogP contribution in [0.3, 0.4) is 0 Å². The van der Waals surface area contributed by atoms with Crippen LogP contribution in [0, 0.1) is 23.3 Å². The lowest BCUT2D eigenvalue weighted by Crippen LogP contribution is -2.43. The van der Waals surface area contributed by atoms with Gasteiger partial charge >= 0.3 is 11.9 Å². The van der Waals surface area contributed by atoms with Crippen LogP contribution in [-0.4, -0.2) is 104 Å². The van der Waals surface area contributed by atoms with Crippen LogP contribution in [0.1, 0.15) is 49.0 Å². The van der Waals surface area contributed by atoms with Crippen LogP contribution >= 0.6 is 0 Å². The number of halogens is 4. The third kappa shape index (κ3) is 13.0. The second-order valence-corrected chi connectivity index (χ2v) is 18.0. The first-order chi connectivity index (χ1) is 30.7. The summed E-state index contributed by atoms with van der Waals surface area (Å²) >= 11 is -3.00. The molecule has 338 valence electrons. The highest BCUT2D eigenvalue weighted by atomic mass is 32.2. The number of rotatable bonds is 19. The first-order valence-electron chi connectivity index (χ1n) is 20.2. The van der Waals surface area contributed by atoms with Gasteiger partial charge in [-0.1, -0.05) is 24.3 Å². The number of carbonyl (C=O) groups is 4. The highest BCUT2D eigenvalue weighted by Crippen LogP contribution is 2.29. The Morgan fingerprint density at radius 2 is 0.859 bits per heavy atom. The average Bonchev–Trinajstić information content (AvgIpc) is 3.31. The number of Topliss-reactive ketones (excluding diaryl/α,β-unsaturated/α-hetero) is 2. The molecular formula is C46H44F4N2O10S2. The summed E-state index contributed by atoms with van der Waals surface area (Å²) in [6.07, 6.45) is -4.75. The molecule has 2 heterocycles. The Hall–Kier alpha value is -5.18. The van der Waals surface area contributed by atoms with E-state index < -0.39 is 93.5 Å². The summed E-state index contributed by atoms with van der Waals surface area (Å²) in [5.74, 6) is -6.77. The molecule has 6 rings (SSSR count). The minimum absolute atomic E-state index is 0.0306. The summed E-state index contributed by atoms with van der Waals surface area (Å²) in [6, 6.07) is 19.5. The number of ketones is 2. The van der Waals surface area contributed by atoms with Gasteiger partial charge < -0.3 is 28.8 Å². The Bertz CT molecular complexity index is 2160. The van der Waals surface area contributed by atoms with E-state index in [1.807, 2.05) is 9.80 Å². The monoisotopic (exact) mass is 924 g/mol. The number of hydrogen-bond acceptors (Lipinski definition) is 12. The summed E-state index contributed by atoms with van der Waals surface area (Å²) in [5.41, 5.74) is 0.0612. The molecule has 2 aliphatic heterocycles. The van der Waals surface area contributed by atoms with Gasteiger partial charge in [0.25, 0.3) is 0 Å². The van der Waals surface area contributed by atoms with Crippen molar-refractivity contribution in [2.75, 3.05) is 39.3 Å². The van der Waals surface area contributed by atoms with Crippen molar-refractivity contribution in [3.05, 3.63) is 153 Å². The number of esters is 2. The molecule has 0 fully saturated rings. The minimum Gasteiger partial charge on any atom is -0.607 e. The van der Waals surface area contributed by atoms with E-state index in [-0.39, 0.29) is 37.1 Å². The van der Waals surface area contributed by atoms with Gasteiger partial charge in [0.05, 0.1) is 0 Å². The van der Waals surface area contributed by atoms with Crippen LogP contribution in [0.4, 0.5) is 17.6 Å². The van der Waals surface area contributed by atoms with E-state index in [0.717, 1.165) is 24.3 Å². The van der Waals surface area contributed by atoms with E-state index in [4.69, 9.17) is 9.47 Å². The molecule has 4 aromatic carbocycles. The first-order valence-corrected chi connectivity index (χ1v) is 22.5. The molecule has 6 atom stereocenters. The number of hydrogen-bond donors (Lipinski definition) is 2. The number of ether oxygens (including phenoxy) is 2. The smallest absolute Gasteiger partial charge is 0.339 e. The largest absolute Gasteiger partial charge is 0.607 e. The number of aliphatic hydroxyl groups excluding tert-OH is 2. The van der Waals surface area contributed by atoms with Crippen molar-refractivity contribution < 1.29 is 65.5 Å². The van der Waals surface area contributed by atoms with Gasteiger partial charge in [0, 0.05) is 98.4 Å². The Morgan fingerprint density at radius 3 is 1.16 bits per heavy atom. The maximum Gasteiger partial charge on any atom is 0.339 e. The number of aliphatic hydroxyl groups is 2. The molecule has 18 heteroatoms. The lowest BCUT2D eigenvalue weighted by molar-refractivity contribution is -0.181. The second kappa shape index (κ2) is 22.6. The van der Waals surface area contributed by atoms with Crippen molar-refractivity contribution in [1.82, 2.24) is 9.80 Å². The maximum atomic E-state index is 13.9. The zero-order valence-electron chi connectivity index (χ0n) is 34.2. The number of nitrogens with zero attached hydrogens (tertiary/aromatic N) is 2. The molecule has 0 radical (unpaired) electrons. The van der Waals surface area contributed by atoms with E-state index in [1.54, 1.807) is 12.2 Å². The quantitative estimate of drug-likeness (QED) is 0.0682. The third-order valence-electron chi connectivity index (χ3n) is 10.6. The van der Waals surface area contributed by atoms with Gasteiger partial charge in [0.2, 0.25) is 0 Å². The normalized spacial score (nSPS) is 17.5. The van der Waals surface area contributed by atoms with Crippen molar-refractivity contribution in [3.8, 4) is 0 Å². The van der Waals surface area contributed by atoms with Gasteiger partial charge in [-0.25, -0.2) is 27.2 Å². The fraction of sp³-hybridized carbons (Fsp3) is 0.304. The Labute approximate surface area is 372 Å². The van der Waals surface area contributed by atoms with E-state index in [9.17, 15) is 56.1 Å². The molecule has 0 spiro atoms. The molecule has 0 saturated heterocycles. The molecule has 0 saturated carbocycles. The molecule has 4 aromatic rings. The van der Waals surface area contributed by atoms with Gasteiger partial charge in [0.1, 0.15) is 33.1 Å². The average molecular weight is 925 g/mol. The second-order valence-electron chi connectivity index (χ2n) is 14.9. The zero-order valence-corrected chi connectivity index (χ0v) is 35.8. The Balaban J connectivity index is 1.05. The predicted octanol–water partition coefficient (Wildman–Crippen LogP) is 5.55. The van der Waals surface area contributed by atoms with Gasteiger partial charge in [-0.05, 0) is 84.9 Å². The Morgan fingerprint density at radius 1 is 0.547 bits per heavy atom. The maximum absolute atomic E-state index is 13.9. The van der Waals surface area contributed by atoms with Gasteiger partial charge in [0.15, 0.2) is 45.8 Å². The third-order valence-corrected chi connectivity index (χ3v) is 13.7. The summed E-state index contributed by atoms with van der Waals surface area (Å²) < 4.78 is 91.0. The van der Waals surface area contributed by atoms with Crippen LogP contribution in [0.5, 0.6) is 0 Å². The SMILES string of the molecule is O=C(CCN1CC=C([S+]([O-])c2ccc(F)cc2)CC1)C(OC(=O)C(O)C(O)C(=O)OC(C(=O)CCN1CC=C([S+]([O-])c2ccc(F)cc2)CC1)c1ccc(F)cc1)c1ccc(F)cc1. The van der Waals surface area contributed by atoms with Crippen molar-refractivity contribution in [1.29, 1.82) is 0 Å². The highest BCUT2D eigenvalue weighted by Gasteiger charge is 2.38. The van der Waals surface area contributed by atoms with Gasteiger partial charge in [-0.15, -0.1) is 0 Å². The molecule has 0 aromatic heterocycles. The molecule has 0 bridgehead atoms. The van der Waals surface area contributed by atoms with Crippen molar-refractivity contribution in [3.63, 3.8) is 0 Å². The summed E-state index contributed by atoms with van der Waals surface area (Å²) in [5, 5.41) is 21.6. The standard InChI is InChI=1S/C46H44F4N2O10S2/c47-31-5-1-29(2-6-31)43(39(53)21-27-51-23-17-37(18-24-51)63(59)35-13-9-33(49)10-14-35)61-45(57)41(55)42(56)46(58)62-44(30-3-7-32(48)8-4-30)40(54)22-28-52-25-19-38(20-26-52)64(60)36-15-11-34(50)12-16-36/h1-17,19,41-44,55-56H,18,20-28H2. The number of carbonyl (C=O) groups excluding carboxylic acids is 4. The zero-order chi connectivity index (χ0) is 45.9. The van der Waals surface area contributed by atoms with Crippen LogP contribution in [0.15, 0.2) is 129 Å². The molecule has 2 aliphatic rings. The summed E-state index contributed by atoms with van der Waals surface area (Å²) in [6.45, 7) is 1.80. The highest BCUT2D eigenvalue weighted by molar-refractivity contribution is 7.95. The molecule has 12 nitrogen and oxygen atoms in total. The molecule has 0 amide bonds. The van der Waals surface area contributed by atoms with E-state index in [1.165, 1.54) is 72.8 Å². The lowest BCUT2D eigenvalue weighted by atomic mass is 10.0. The summed E-state index contributed by atoms with van der Waals surface area (Å²) in [4.78, 5) is 59.6. The van der Waals surface area contributed by atoms with Crippen molar-refractivity contribution in [2.45, 2.75) is 59.9 Å². The molecular weight excluding hydrogens is 881 g/mol. The van der Waals surface area contributed by atoms with Crippen LogP contribution < -0.4 is 0 Å². The first kappa shape index (κ1) is 48.3. The molecule has 64 heavy (non-hydrogen) atoms. The van der Waals surface area contributed by atoms with Gasteiger partial charge in [-0.3, -0.25) is 19.4 Å². The molecule has 0 aliphatic carbocycles. The lowest BCUT2D eigenvalue weighted by Gasteiger charge is -2.27. The molecule has 6 unspecified atom stereocenters. The van der Waals surface area contributed by atoms with E-state index >= 15 is 0 Å². The van der Waals surface area contributed by atoms with E-state index in [0.29, 0.717) is 58.6 Å². The fourth-order valence-corrected chi connectivity index (χ4v) is 9.27. The summed E-state index contributed by atoms with van der Waals surface area (Å²) in [7, 11) is 0. The number of benzene rings is 4. The van der Waals surface area contributed by atoms with Crippen LogP contribution in [-0.2, 0) is 51.0 Å². The predicted molar refractivity (Wildman–Crippen MR) is 226 cm³/mol. The minimum atomic E-state index is -2.62. The Kier molecular flexibility index (Phi) is 17.1. The van der Waals surface area contributed by atoms with Crippen LogP contribution in [0.25, 0.3) is 0 Å². The topological polar surface area (TPSA) is 180 Å². The van der Waals surface area contributed by atoms with Gasteiger partial charge in [-0.2, -0.15) is 0 Å². The molecule has 2 N–H and O–H groups in total. The fourth-order valence-electron chi connectivity index (χ4n) is 6.89.